The lowest BCUT2D eigenvalue weighted by molar-refractivity contribution is 0.306. The molecule has 0 aliphatic rings. The number of hydrogen-bond donors (Lipinski definition) is 0. The summed E-state index contributed by atoms with van der Waals surface area (Å²) in [6.45, 7) is 0.500. The first kappa shape index (κ1) is 24.0. The molecule has 0 bridgehead atoms. The summed E-state index contributed by atoms with van der Waals surface area (Å²) in [4.78, 5) is 4.73. The lowest BCUT2D eigenvalue weighted by atomic mass is 10.1. The fraction of sp³-hybridized carbons (Fsp3) is 0.0606. The second-order valence-electron chi connectivity index (χ2n) is 9.16. The van der Waals surface area contributed by atoms with Crippen molar-refractivity contribution in [1.82, 2.24) is 19.3 Å². The fourth-order valence-corrected chi connectivity index (χ4v) is 4.57. The number of para-hydroxylation sites is 3. The molecule has 0 fully saturated rings. The van der Waals surface area contributed by atoms with Crippen LogP contribution in [0.1, 0.15) is 17.0 Å². The van der Waals surface area contributed by atoms with Crippen molar-refractivity contribution in [2.24, 2.45) is 7.05 Å². The van der Waals surface area contributed by atoms with E-state index in [0.29, 0.717) is 18.0 Å². The van der Waals surface area contributed by atoms with Gasteiger partial charge < -0.3 is 9.30 Å². The van der Waals surface area contributed by atoms with Crippen LogP contribution in [0.25, 0.3) is 39.6 Å². The topological polar surface area (TPSA) is 68.7 Å². The zero-order chi connectivity index (χ0) is 26.6. The van der Waals surface area contributed by atoms with Gasteiger partial charge >= 0.3 is 0 Å². The Balaban J connectivity index is 1.38. The number of ether oxygens (including phenoxy) is 1. The van der Waals surface area contributed by atoms with Gasteiger partial charge in [-0.15, -0.1) is 0 Å². The highest BCUT2D eigenvalue weighted by Crippen LogP contribution is 2.30. The Morgan fingerprint density at radius 3 is 2.28 bits per heavy atom. The van der Waals surface area contributed by atoms with Crippen molar-refractivity contribution in [3.8, 4) is 28.8 Å². The molecule has 0 atom stereocenters. The predicted molar refractivity (Wildman–Crippen MR) is 154 cm³/mol. The summed E-state index contributed by atoms with van der Waals surface area (Å²) in [5.41, 5.74) is 6.84. The number of benzene rings is 4. The highest BCUT2D eigenvalue weighted by atomic mass is 16.5. The smallest absolute Gasteiger partial charge is 0.151 e. The maximum absolute atomic E-state index is 10.1. The van der Waals surface area contributed by atoms with Crippen LogP contribution in [0.3, 0.4) is 0 Å². The summed E-state index contributed by atoms with van der Waals surface area (Å²) in [6.07, 6.45) is 3.81. The van der Waals surface area contributed by atoms with Gasteiger partial charge in [-0.3, -0.25) is 0 Å². The summed E-state index contributed by atoms with van der Waals surface area (Å²) in [5.74, 6) is 1.39. The lowest BCUT2D eigenvalue weighted by Gasteiger charge is -2.07. The van der Waals surface area contributed by atoms with E-state index in [-0.39, 0.29) is 0 Å². The Morgan fingerprint density at radius 1 is 0.872 bits per heavy atom. The van der Waals surface area contributed by atoms with Crippen molar-refractivity contribution in [3.63, 3.8) is 0 Å². The Bertz CT molecular complexity index is 1810. The molecule has 2 heterocycles. The SMILES string of the molecule is Cn1c(C(C#N)=Cc2cn(-c3ccccc3)nc2-c2ccc(OCc3ccccc3)cc2)nc2ccccc21. The predicted octanol–water partition coefficient (Wildman–Crippen LogP) is 7.07. The normalized spacial score (nSPS) is 11.4. The molecule has 0 saturated carbocycles. The summed E-state index contributed by atoms with van der Waals surface area (Å²) in [7, 11) is 1.93. The largest absolute Gasteiger partial charge is 0.489 e. The van der Waals surface area contributed by atoms with Gasteiger partial charge in [0.15, 0.2) is 5.82 Å². The maximum Gasteiger partial charge on any atom is 0.151 e. The van der Waals surface area contributed by atoms with Crippen LogP contribution >= 0.6 is 0 Å². The molecule has 6 heteroatoms. The number of aromatic nitrogens is 4. The molecule has 4 aromatic carbocycles. The number of imidazole rings is 1. The standard InChI is InChI=1S/C33H25N5O/c1-37-31-15-9-8-14-30(31)35-33(37)26(21-34)20-27-22-38(28-12-6-3-7-13-28)36-32(27)25-16-18-29(19-17-25)39-23-24-10-4-2-5-11-24/h2-20,22H,23H2,1H3. The van der Waals surface area contributed by atoms with Crippen LogP contribution in [0.5, 0.6) is 5.75 Å². The minimum absolute atomic E-state index is 0.463. The van der Waals surface area contributed by atoms with E-state index in [1.165, 1.54) is 0 Å². The third-order valence-corrected chi connectivity index (χ3v) is 6.59. The van der Waals surface area contributed by atoms with Crippen molar-refractivity contribution in [3.05, 3.63) is 132 Å². The number of rotatable bonds is 7. The first-order chi connectivity index (χ1) is 19.2. The van der Waals surface area contributed by atoms with Crippen molar-refractivity contribution in [1.29, 1.82) is 5.26 Å². The van der Waals surface area contributed by atoms with E-state index in [4.69, 9.17) is 14.8 Å². The molecule has 0 spiro atoms. The van der Waals surface area contributed by atoms with E-state index in [9.17, 15) is 5.26 Å². The Kier molecular flexibility index (Phi) is 6.46. The molecule has 0 radical (unpaired) electrons. The number of nitrogens with zero attached hydrogens (tertiary/aromatic N) is 5. The van der Waals surface area contributed by atoms with E-state index in [0.717, 1.165) is 44.9 Å². The van der Waals surface area contributed by atoms with Crippen LogP contribution < -0.4 is 4.74 Å². The molecular formula is C33H25N5O. The fourth-order valence-electron chi connectivity index (χ4n) is 4.57. The lowest BCUT2D eigenvalue weighted by Crippen LogP contribution is -1.96. The molecule has 0 aliphatic carbocycles. The van der Waals surface area contributed by atoms with Gasteiger partial charge in [-0.05, 0) is 60.2 Å². The molecule has 0 N–H and O–H groups in total. The van der Waals surface area contributed by atoms with Crippen molar-refractivity contribution < 1.29 is 4.74 Å². The highest BCUT2D eigenvalue weighted by Gasteiger charge is 2.16. The summed E-state index contributed by atoms with van der Waals surface area (Å²) >= 11 is 0. The van der Waals surface area contributed by atoms with Crippen molar-refractivity contribution >= 4 is 22.7 Å². The van der Waals surface area contributed by atoms with Gasteiger partial charge in [0.25, 0.3) is 0 Å². The van der Waals surface area contributed by atoms with Gasteiger partial charge in [-0.1, -0.05) is 60.7 Å². The number of fused-ring (bicyclic) bond motifs is 1. The van der Waals surface area contributed by atoms with E-state index in [2.05, 4.69) is 6.07 Å². The second-order valence-corrected chi connectivity index (χ2v) is 9.16. The molecule has 2 aromatic heterocycles. The Hall–Kier alpha value is -5.41. The van der Waals surface area contributed by atoms with Gasteiger partial charge in [0, 0.05) is 24.4 Å². The zero-order valence-electron chi connectivity index (χ0n) is 21.4. The molecule has 6 nitrogen and oxygen atoms in total. The molecule has 0 saturated heterocycles. The van der Waals surface area contributed by atoms with Crippen LogP contribution in [0.2, 0.25) is 0 Å². The molecule has 0 unspecified atom stereocenters. The van der Waals surface area contributed by atoms with E-state index in [1.807, 2.05) is 138 Å². The first-order valence-electron chi connectivity index (χ1n) is 12.7. The average molecular weight is 508 g/mol. The maximum atomic E-state index is 10.1. The van der Waals surface area contributed by atoms with Gasteiger partial charge in [0.05, 0.1) is 28.0 Å². The monoisotopic (exact) mass is 507 g/mol. The van der Waals surface area contributed by atoms with Crippen molar-refractivity contribution in [2.45, 2.75) is 6.61 Å². The van der Waals surface area contributed by atoms with Crippen LogP contribution in [0.15, 0.2) is 115 Å². The van der Waals surface area contributed by atoms with Gasteiger partial charge in [-0.25, -0.2) is 9.67 Å². The van der Waals surface area contributed by atoms with Gasteiger partial charge in [-0.2, -0.15) is 10.4 Å². The van der Waals surface area contributed by atoms with Gasteiger partial charge in [0.2, 0.25) is 0 Å². The van der Waals surface area contributed by atoms with E-state index < -0.39 is 0 Å². The minimum Gasteiger partial charge on any atom is -0.489 e. The Morgan fingerprint density at radius 2 is 1.56 bits per heavy atom. The minimum atomic E-state index is 0.463. The third-order valence-electron chi connectivity index (χ3n) is 6.59. The molecular weight excluding hydrogens is 482 g/mol. The van der Waals surface area contributed by atoms with Gasteiger partial charge in [0.1, 0.15) is 18.4 Å². The van der Waals surface area contributed by atoms with Crippen LogP contribution in [0.4, 0.5) is 0 Å². The van der Waals surface area contributed by atoms with E-state index >= 15 is 0 Å². The molecule has 0 aliphatic heterocycles. The molecule has 6 rings (SSSR count). The van der Waals surface area contributed by atoms with Crippen molar-refractivity contribution in [2.75, 3.05) is 0 Å². The number of aryl methyl sites for hydroxylation is 1. The van der Waals surface area contributed by atoms with Crippen LogP contribution in [-0.2, 0) is 13.7 Å². The third kappa shape index (κ3) is 4.94. The first-order valence-corrected chi connectivity index (χ1v) is 12.7. The molecule has 188 valence electrons. The Labute approximate surface area is 226 Å². The highest BCUT2D eigenvalue weighted by molar-refractivity contribution is 5.93. The quantitative estimate of drug-likeness (QED) is 0.217. The number of nitriles is 1. The number of allylic oxidation sites excluding steroid dienone is 1. The molecule has 39 heavy (non-hydrogen) atoms. The second kappa shape index (κ2) is 10.5. The number of hydrogen-bond acceptors (Lipinski definition) is 4. The van der Waals surface area contributed by atoms with Crippen LogP contribution in [0, 0.1) is 11.3 Å². The van der Waals surface area contributed by atoms with E-state index in [1.54, 1.807) is 0 Å². The van der Waals surface area contributed by atoms with Crippen LogP contribution in [-0.4, -0.2) is 19.3 Å². The average Bonchev–Trinajstić information content (AvgIpc) is 3.57. The molecule has 6 aromatic rings. The zero-order valence-corrected chi connectivity index (χ0v) is 21.4. The summed E-state index contributed by atoms with van der Waals surface area (Å²) in [6, 6.07) is 38.1. The molecule has 0 amide bonds. The summed E-state index contributed by atoms with van der Waals surface area (Å²) in [5, 5.41) is 15.1. The summed E-state index contributed by atoms with van der Waals surface area (Å²) < 4.78 is 9.76.